The Morgan fingerprint density at radius 3 is 2.69 bits per heavy atom. The first-order valence-corrected chi connectivity index (χ1v) is 8.38. The first-order chi connectivity index (χ1) is 13.9. The van der Waals surface area contributed by atoms with Gasteiger partial charge in [0.15, 0.2) is 5.76 Å². The van der Waals surface area contributed by atoms with E-state index in [4.69, 9.17) is 9.15 Å². The largest absolute Gasteiger partial charge is 0.459 e. The van der Waals surface area contributed by atoms with Crippen LogP contribution in [-0.4, -0.2) is 23.0 Å². The van der Waals surface area contributed by atoms with Crippen molar-refractivity contribution in [3.63, 3.8) is 0 Å². The van der Waals surface area contributed by atoms with Gasteiger partial charge in [-0.2, -0.15) is 5.10 Å². The molecule has 0 spiro atoms. The molecular weight excluding hydrogens is 378 g/mol. The summed E-state index contributed by atoms with van der Waals surface area (Å²) < 4.78 is 10.3. The van der Waals surface area contributed by atoms with Crippen LogP contribution in [0.4, 0.5) is 5.69 Å². The minimum Gasteiger partial charge on any atom is -0.459 e. The van der Waals surface area contributed by atoms with Crippen molar-refractivity contribution in [2.24, 2.45) is 5.10 Å². The molecule has 1 N–H and O–H groups in total. The molecule has 0 aliphatic rings. The summed E-state index contributed by atoms with van der Waals surface area (Å²) in [5.74, 6) is -1.13. The number of rotatable bonds is 6. The lowest BCUT2D eigenvalue weighted by atomic mass is 10.1. The Bertz CT molecular complexity index is 1090. The van der Waals surface area contributed by atoms with E-state index < -0.39 is 16.8 Å². The zero-order valence-corrected chi connectivity index (χ0v) is 15.2. The number of carbonyl (C=O) groups is 2. The number of benzene rings is 2. The fourth-order valence-electron chi connectivity index (χ4n) is 2.40. The molecule has 1 amide bonds. The highest BCUT2D eigenvalue weighted by Crippen LogP contribution is 2.24. The van der Waals surface area contributed by atoms with E-state index in [1.807, 2.05) is 13.0 Å². The van der Waals surface area contributed by atoms with Gasteiger partial charge in [0, 0.05) is 17.7 Å². The van der Waals surface area contributed by atoms with Crippen LogP contribution in [0.3, 0.4) is 0 Å². The molecule has 146 valence electrons. The number of nitrogens with one attached hydrogen (secondary N) is 1. The number of aryl methyl sites for hydroxylation is 1. The molecule has 0 fully saturated rings. The van der Waals surface area contributed by atoms with E-state index in [0.717, 1.165) is 11.8 Å². The number of nitro groups is 1. The molecule has 0 bridgehead atoms. The minimum absolute atomic E-state index is 0.0484. The van der Waals surface area contributed by atoms with Crippen molar-refractivity contribution < 1.29 is 23.7 Å². The van der Waals surface area contributed by atoms with Crippen molar-refractivity contribution in [2.75, 3.05) is 0 Å². The number of hydrazone groups is 1. The summed E-state index contributed by atoms with van der Waals surface area (Å²) in [7, 11) is 0. The predicted octanol–water partition coefficient (Wildman–Crippen LogP) is 3.48. The number of hydrogen-bond acceptors (Lipinski definition) is 7. The Balaban J connectivity index is 1.83. The number of carbonyl (C=O) groups excluding carboxylic acids is 2. The molecule has 2 aromatic carbocycles. The van der Waals surface area contributed by atoms with Gasteiger partial charge < -0.3 is 9.15 Å². The van der Waals surface area contributed by atoms with Crippen molar-refractivity contribution in [2.45, 2.75) is 6.92 Å². The van der Waals surface area contributed by atoms with Gasteiger partial charge in [-0.3, -0.25) is 14.9 Å². The lowest BCUT2D eigenvalue weighted by molar-refractivity contribution is -0.384. The van der Waals surface area contributed by atoms with Gasteiger partial charge in [0.1, 0.15) is 5.75 Å². The van der Waals surface area contributed by atoms with E-state index in [1.165, 1.54) is 30.5 Å². The molecule has 0 aliphatic carbocycles. The highest BCUT2D eigenvalue weighted by atomic mass is 16.6. The summed E-state index contributed by atoms with van der Waals surface area (Å²) in [4.78, 5) is 34.7. The van der Waals surface area contributed by atoms with Crippen molar-refractivity contribution in [1.29, 1.82) is 0 Å². The Labute approximate surface area is 164 Å². The SMILES string of the molecule is Cc1cccc(C(=O)Oc2ccc([N+](=O)[O-])cc2/C=N/NC(=O)c2ccco2)c1. The second kappa shape index (κ2) is 8.61. The first-order valence-electron chi connectivity index (χ1n) is 8.38. The highest BCUT2D eigenvalue weighted by Gasteiger charge is 2.15. The topological polar surface area (TPSA) is 124 Å². The van der Waals surface area contributed by atoms with Gasteiger partial charge in [-0.15, -0.1) is 0 Å². The van der Waals surface area contributed by atoms with Gasteiger partial charge in [-0.25, -0.2) is 10.2 Å². The summed E-state index contributed by atoms with van der Waals surface area (Å²) in [6.07, 6.45) is 2.48. The lowest BCUT2D eigenvalue weighted by Gasteiger charge is -2.08. The predicted molar refractivity (Wildman–Crippen MR) is 103 cm³/mol. The summed E-state index contributed by atoms with van der Waals surface area (Å²) in [5, 5.41) is 14.8. The molecular formula is C20H15N3O6. The zero-order chi connectivity index (χ0) is 20.8. The molecule has 0 atom stereocenters. The van der Waals surface area contributed by atoms with Crippen LogP contribution in [0, 0.1) is 17.0 Å². The molecule has 29 heavy (non-hydrogen) atoms. The Hall–Kier alpha value is -4.27. The van der Waals surface area contributed by atoms with E-state index in [2.05, 4.69) is 10.5 Å². The van der Waals surface area contributed by atoms with Gasteiger partial charge >= 0.3 is 11.9 Å². The molecule has 0 unspecified atom stereocenters. The van der Waals surface area contributed by atoms with Gasteiger partial charge in [-0.1, -0.05) is 17.7 Å². The van der Waals surface area contributed by atoms with Crippen LogP contribution in [0.5, 0.6) is 5.75 Å². The van der Waals surface area contributed by atoms with Gasteiger partial charge in [0.2, 0.25) is 0 Å². The van der Waals surface area contributed by atoms with Crippen LogP contribution in [-0.2, 0) is 0 Å². The number of hydrogen-bond donors (Lipinski definition) is 1. The van der Waals surface area contributed by atoms with Crippen LogP contribution in [0.25, 0.3) is 0 Å². The van der Waals surface area contributed by atoms with E-state index in [1.54, 1.807) is 24.3 Å². The standard InChI is InChI=1S/C20H15N3O6/c1-13-4-2-5-14(10-13)20(25)29-17-8-7-16(23(26)27)11-15(17)12-21-22-19(24)18-6-3-9-28-18/h2-12H,1H3,(H,22,24)/b21-12+. The van der Waals surface area contributed by atoms with E-state index in [-0.39, 0.29) is 22.8 Å². The number of amides is 1. The maximum absolute atomic E-state index is 12.4. The van der Waals surface area contributed by atoms with E-state index >= 15 is 0 Å². The van der Waals surface area contributed by atoms with Crippen LogP contribution in [0.2, 0.25) is 0 Å². The molecule has 0 radical (unpaired) electrons. The Kier molecular flexibility index (Phi) is 5.79. The molecule has 9 nitrogen and oxygen atoms in total. The molecule has 1 aromatic heterocycles. The van der Waals surface area contributed by atoms with Crippen molar-refractivity contribution in [3.05, 3.63) is 93.4 Å². The average molecular weight is 393 g/mol. The molecule has 3 aromatic rings. The second-order valence-corrected chi connectivity index (χ2v) is 5.91. The molecule has 1 heterocycles. The second-order valence-electron chi connectivity index (χ2n) is 5.91. The monoisotopic (exact) mass is 393 g/mol. The first kappa shape index (κ1) is 19.5. The molecule has 0 saturated carbocycles. The fraction of sp³-hybridized carbons (Fsp3) is 0.0500. The van der Waals surface area contributed by atoms with Crippen molar-refractivity contribution in [1.82, 2.24) is 5.43 Å². The third-order valence-corrected chi connectivity index (χ3v) is 3.78. The molecule has 9 heteroatoms. The zero-order valence-electron chi connectivity index (χ0n) is 15.2. The third-order valence-electron chi connectivity index (χ3n) is 3.78. The number of nitro benzene ring substituents is 1. The molecule has 0 aliphatic heterocycles. The lowest BCUT2D eigenvalue weighted by Crippen LogP contribution is -2.17. The smallest absolute Gasteiger partial charge is 0.343 e. The quantitative estimate of drug-likeness (QED) is 0.225. The van der Waals surface area contributed by atoms with Gasteiger partial charge in [0.05, 0.1) is 23.0 Å². The fourth-order valence-corrected chi connectivity index (χ4v) is 2.40. The van der Waals surface area contributed by atoms with Crippen LogP contribution in [0.15, 0.2) is 70.4 Å². The van der Waals surface area contributed by atoms with Crippen molar-refractivity contribution >= 4 is 23.8 Å². The number of furan rings is 1. The molecule has 3 rings (SSSR count). The van der Waals surface area contributed by atoms with Gasteiger partial charge in [-0.05, 0) is 37.3 Å². The maximum Gasteiger partial charge on any atom is 0.343 e. The molecule has 0 saturated heterocycles. The van der Waals surface area contributed by atoms with Crippen LogP contribution < -0.4 is 10.2 Å². The number of non-ortho nitro benzene ring substituents is 1. The summed E-state index contributed by atoms with van der Waals surface area (Å²) >= 11 is 0. The van der Waals surface area contributed by atoms with E-state index in [0.29, 0.717) is 5.56 Å². The maximum atomic E-state index is 12.4. The Morgan fingerprint density at radius 1 is 1.17 bits per heavy atom. The van der Waals surface area contributed by atoms with Gasteiger partial charge in [0.25, 0.3) is 5.69 Å². The van der Waals surface area contributed by atoms with Crippen molar-refractivity contribution in [3.8, 4) is 5.75 Å². The van der Waals surface area contributed by atoms with Crippen LogP contribution >= 0.6 is 0 Å². The normalized spacial score (nSPS) is 10.7. The average Bonchev–Trinajstić information content (AvgIpc) is 3.23. The number of ether oxygens (including phenoxy) is 1. The Morgan fingerprint density at radius 2 is 2.00 bits per heavy atom. The third kappa shape index (κ3) is 4.92. The van der Waals surface area contributed by atoms with E-state index in [9.17, 15) is 19.7 Å². The summed E-state index contributed by atoms with van der Waals surface area (Å²) in [6, 6.07) is 13.5. The number of nitrogens with zero attached hydrogens (tertiary/aromatic N) is 2. The van der Waals surface area contributed by atoms with Crippen LogP contribution in [0.1, 0.15) is 32.0 Å². The minimum atomic E-state index is -0.628. The highest BCUT2D eigenvalue weighted by molar-refractivity contribution is 5.95. The summed E-state index contributed by atoms with van der Waals surface area (Å²) in [5.41, 5.74) is 3.36. The summed E-state index contributed by atoms with van der Waals surface area (Å²) in [6.45, 7) is 1.84. The number of esters is 1.